The SMILES string of the molecule is COc1ccc(-c2ccc3ccccc3c2NS(=O)(=O)c2ccc(OC)cc2)cc1. The van der Waals surface area contributed by atoms with E-state index in [-0.39, 0.29) is 4.90 Å². The Hall–Kier alpha value is -3.51. The first-order chi connectivity index (χ1) is 14.5. The second kappa shape index (κ2) is 8.08. The molecule has 0 radical (unpaired) electrons. The smallest absolute Gasteiger partial charge is 0.261 e. The molecule has 0 aliphatic heterocycles. The minimum atomic E-state index is -3.80. The zero-order chi connectivity index (χ0) is 21.1. The first-order valence-corrected chi connectivity index (χ1v) is 10.8. The van der Waals surface area contributed by atoms with Gasteiger partial charge in [0, 0.05) is 10.9 Å². The van der Waals surface area contributed by atoms with E-state index < -0.39 is 10.0 Å². The number of anilines is 1. The summed E-state index contributed by atoms with van der Waals surface area (Å²) >= 11 is 0. The van der Waals surface area contributed by atoms with E-state index in [1.54, 1.807) is 26.4 Å². The second-order valence-corrected chi connectivity index (χ2v) is 8.40. The fourth-order valence-electron chi connectivity index (χ4n) is 3.34. The van der Waals surface area contributed by atoms with Crippen molar-refractivity contribution in [2.45, 2.75) is 4.90 Å². The molecule has 4 rings (SSSR count). The number of nitrogens with one attached hydrogen (secondary N) is 1. The van der Waals surface area contributed by atoms with Crippen LogP contribution in [0.25, 0.3) is 21.9 Å². The van der Waals surface area contributed by atoms with Gasteiger partial charge in [-0.15, -0.1) is 0 Å². The molecule has 0 amide bonds. The lowest BCUT2D eigenvalue weighted by Crippen LogP contribution is -2.14. The van der Waals surface area contributed by atoms with Gasteiger partial charge >= 0.3 is 0 Å². The van der Waals surface area contributed by atoms with E-state index in [0.29, 0.717) is 11.4 Å². The van der Waals surface area contributed by atoms with E-state index in [0.717, 1.165) is 27.6 Å². The van der Waals surface area contributed by atoms with Gasteiger partial charge in [0.2, 0.25) is 0 Å². The summed E-state index contributed by atoms with van der Waals surface area (Å²) < 4.78 is 39.5. The molecule has 0 saturated heterocycles. The van der Waals surface area contributed by atoms with Gasteiger partial charge in [0.15, 0.2) is 0 Å². The quantitative estimate of drug-likeness (QED) is 0.459. The van der Waals surface area contributed by atoms with Crippen molar-refractivity contribution in [2.75, 3.05) is 18.9 Å². The standard InChI is InChI=1S/C24H21NO4S/c1-28-19-10-7-18(8-11-19)23-16-9-17-5-3-4-6-22(17)24(23)25-30(26,27)21-14-12-20(29-2)13-15-21/h3-16,25H,1-2H3. The maximum absolute atomic E-state index is 13.2. The molecule has 1 N–H and O–H groups in total. The van der Waals surface area contributed by atoms with Gasteiger partial charge in [0.25, 0.3) is 10.0 Å². The van der Waals surface area contributed by atoms with Crippen molar-refractivity contribution in [1.82, 2.24) is 0 Å². The number of ether oxygens (including phenoxy) is 2. The number of fused-ring (bicyclic) bond motifs is 1. The average Bonchev–Trinajstić information content (AvgIpc) is 2.79. The topological polar surface area (TPSA) is 64.6 Å². The maximum Gasteiger partial charge on any atom is 0.261 e. The molecule has 4 aromatic carbocycles. The fourth-order valence-corrected chi connectivity index (χ4v) is 4.44. The van der Waals surface area contributed by atoms with Crippen LogP contribution >= 0.6 is 0 Å². The van der Waals surface area contributed by atoms with E-state index in [4.69, 9.17) is 9.47 Å². The first kappa shape index (κ1) is 19.8. The highest BCUT2D eigenvalue weighted by Crippen LogP contribution is 2.37. The Morgan fingerprint density at radius 1 is 0.700 bits per heavy atom. The third-order valence-corrected chi connectivity index (χ3v) is 6.30. The number of benzene rings is 4. The number of hydrogen-bond acceptors (Lipinski definition) is 4. The molecule has 6 heteroatoms. The average molecular weight is 420 g/mol. The van der Waals surface area contributed by atoms with Gasteiger partial charge in [-0.2, -0.15) is 0 Å². The van der Waals surface area contributed by atoms with Crippen molar-refractivity contribution in [3.05, 3.63) is 84.9 Å². The summed E-state index contributed by atoms with van der Waals surface area (Å²) in [5.41, 5.74) is 2.21. The van der Waals surface area contributed by atoms with E-state index in [1.165, 1.54) is 12.1 Å². The van der Waals surface area contributed by atoms with Crippen molar-refractivity contribution in [3.63, 3.8) is 0 Å². The van der Waals surface area contributed by atoms with Crippen LogP contribution < -0.4 is 14.2 Å². The molecule has 0 bridgehead atoms. The third kappa shape index (κ3) is 3.82. The third-order valence-electron chi connectivity index (χ3n) is 4.94. The highest BCUT2D eigenvalue weighted by atomic mass is 32.2. The maximum atomic E-state index is 13.2. The summed E-state index contributed by atoms with van der Waals surface area (Å²) in [5.74, 6) is 1.33. The summed E-state index contributed by atoms with van der Waals surface area (Å²) in [6.45, 7) is 0. The lowest BCUT2D eigenvalue weighted by Gasteiger charge is -2.16. The van der Waals surface area contributed by atoms with E-state index in [9.17, 15) is 8.42 Å². The van der Waals surface area contributed by atoms with Crippen LogP contribution in [-0.2, 0) is 10.0 Å². The fraction of sp³-hybridized carbons (Fsp3) is 0.0833. The summed E-state index contributed by atoms with van der Waals surface area (Å²) in [6.07, 6.45) is 0. The molecule has 0 aliphatic carbocycles. The number of hydrogen-bond donors (Lipinski definition) is 1. The zero-order valence-corrected chi connectivity index (χ0v) is 17.4. The van der Waals surface area contributed by atoms with Crippen molar-refractivity contribution in [3.8, 4) is 22.6 Å². The molecule has 0 saturated carbocycles. The van der Waals surface area contributed by atoms with Crippen LogP contribution in [0.3, 0.4) is 0 Å². The highest BCUT2D eigenvalue weighted by Gasteiger charge is 2.19. The van der Waals surface area contributed by atoms with Crippen LogP contribution in [0.5, 0.6) is 11.5 Å². The highest BCUT2D eigenvalue weighted by molar-refractivity contribution is 7.92. The zero-order valence-electron chi connectivity index (χ0n) is 16.6. The molecule has 0 atom stereocenters. The summed E-state index contributed by atoms with van der Waals surface area (Å²) in [7, 11) is -0.652. The van der Waals surface area contributed by atoms with E-state index >= 15 is 0 Å². The predicted octanol–water partition coefficient (Wildman–Crippen LogP) is 5.32. The Morgan fingerprint density at radius 3 is 1.93 bits per heavy atom. The molecule has 0 heterocycles. The Balaban J connectivity index is 1.84. The number of rotatable bonds is 6. The Labute approximate surface area is 175 Å². The lowest BCUT2D eigenvalue weighted by atomic mass is 9.98. The summed E-state index contributed by atoms with van der Waals surface area (Å²) in [5, 5.41) is 1.77. The van der Waals surface area contributed by atoms with Gasteiger partial charge in [-0.05, 0) is 47.3 Å². The van der Waals surface area contributed by atoms with Crippen molar-refractivity contribution >= 4 is 26.5 Å². The predicted molar refractivity (Wildman–Crippen MR) is 120 cm³/mol. The number of sulfonamides is 1. The van der Waals surface area contributed by atoms with E-state index in [2.05, 4.69) is 4.72 Å². The molecule has 152 valence electrons. The van der Waals surface area contributed by atoms with Crippen LogP contribution in [0.2, 0.25) is 0 Å². The van der Waals surface area contributed by atoms with Gasteiger partial charge in [-0.1, -0.05) is 48.5 Å². The lowest BCUT2D eigenvalue weighted by molar-refractivity contribution is 0.414. The van der Waals surface area contributed by atoms with Crippen molar-refractivity contribution in [1.29, 1.82) is 0 Å². The molecular weight excluding hydrogens is 398 g/mol. The molecule has 0 unspecified atom stereocenters. The van der Waals surface area contributed by atoms with Crippen molar-refractivity contribution in [2.24, 2.45) is 0 Å². The largest absolute Gasteiger partial charge is 0.497 e. The molecule has 5 nitrogen and oxygen atoms in total. The summed E-state index contributed by atoms with van der Waals surface area (Å²) in [6, 6.07) is 25.4. The molecular formula is C24H21NO4S. The van der Waals surface area contributed by atoms with Crippen LogP contribution in [0, 0.1) is 0 Å². The van der Waals surface area contributed by atoms with Gasteiger partial charge in [0.05, 0.1) is 24.8 Å². The molecule has 0 aromatic heterocycles. The Morgan fingerprint density at radius 2 is 1.30 bits per heavy atom. The number of methoxy groups -OCH3 is 2. The van der Waals surface area contributed by atoms with Gasteiger partial charge < -0.3 is 9.47 Å². The van der Waals surface area contributed by atoms with Gasteiger partial charge in [-0.25, -0.2) is 8.42 Å². The normalized spacial score (nSPS) is 11.3. The molecule has 4 aromatic rings. The van der Waals surface area contributed by atoms with Crippen LogP contribution in [0.4, 0.5) is 5.69 Å². The van der Waals surface area contributed by atoms with E-state index in [1.807, 2.05) is 60.7 Å². The Kier molecular flexibility index (Phi) is 5.33. The Bertz CT molecular complexity index is 1280. The minimum Gasteiger partial charge on any atom is -0.497 e. The molecule has 0 aliphatic rings. The van der Waals surface area contributed by atoms with Gasteiger partial charge in [0.1, 0.15) is 11.5 Å². The molecule has 30 heavy (non-hydrogen) atoms. The first-order valence-electron chi connectivity index (χ1n) is 9.35. The van der Waals surface area contributed by atoms with Crippen LogP contribution in [0.1, 0.15) is 0 Å². The molecule has 0 spiro atoms. The van der Waals surface area contributed by atoms with Crippen molar-refractivity contribution < 1.29 is 17.9 Å². The van der Waals surface area contributed by atoms with Crippen LogP contribution in [-0.4, -0.2) is 22.6 Å². The monoisotopic (exact) mass is 419 g/mol. The second-order valence-electron chi connectivity index (χ2n) is 6.72. The summed E-state index contributed by atoms with van der Waals surface area (Å²) in [4.78, 5) is 0.164. The van der Waals surface area contributed by atoms with Crippen LogP contribution in [0.15, 0.2) is 89.8 Å². The molecule has 0 fully saturated rings. The minimum absolute atomic E-state index is 0.164. The van der Waals surface area contributed by atoms with Gasteiger partial charge in [-0.3, -0.25) is 4.72 Å².